The second kappa shape index (κ2) is 4.32. The Morgan fingerprint density at radius 2 is 1.81 bits per heavy atom. The van der Waals surface area contributed by atoms with Crippen LogP contribution in [-0.2, 0) is 0 Å². The Bertz CT molecular complexity index is 441. The number of aromatic hydroxyl groups is 1. The Kier molecular flexibility index (Phi) is 3.04. The van der Waals surface area contributed by atoms with Crippen molar-refractivity contribution in [2.45, 2.75) is 46.5 Å². The van der Waals surface area contributed by atoms with Crippen LogP contribution in [0.15, 0.2) is 12.1 Å². The normalized spacial score (nSPS) is 16.1. The SMILES string of the molecule is Cc1cc(C2=CCCCC2)c(C)c(C)c1O. The highest BCUT2D eigenvalue weighted by Gasteiger charge is 2.13. The molecule has 0 aliphatic heterocycles. The fraction of sp³-hybridized carbons (Fsp3) is 0.467. The third kappa shape index (κ3) is 1.87. The average molecular weight is 216 g/mol. The molecule has 1 aliphatic carbocycles. The van der Waals surface area contributed by atoms with Gasteiger partial charge in [0.05, 0.1) is 0 Å². The van der Waals surface area contributed by atoms with Crippen molar-refractivity contribution >= 4 is 5.57 Å². The van der Waals surface area contributed by atoms with Gasteiger partial charge in [0.25, 0.3) is 0 Å². The number of allylic oxidation sites excluding steroid dienone is 2. The van der Waals surface area contributed by atoms with Crippen molar-refractivity contribution in [2.75, 3.05) is 0 Å². The van der Waals surface area contributed by atoms with Crippen LogP contribution in [0.3, 0.4) is 0 Å². The summed E-state index contributed by atoms with van der Waals surface area (Å²) in [6.45, 7) is 6.10. The smallest absolute Gasteiger partial charge is 0.121 e. The molecule has 0 atom stereocenters. The maximum absolute atomic E-state index is 9.89. The minimum atomic E-state index is 0.456. The van der Waals surface area contributed by atoms with Gasteiger partial charge in [-0.1, -0.05) is 6.08 Å². The standard InChI is InChI=1S/C15H20O/c1-10-9-14(11(2)12(3)15(10)16)13-7-5-4-6-8-13/h7,9,16H,4-6,8H2,1-3H3. The van der Waals surface area contributed by atoms with E-state index in [9.17, 15) is 5.11 Å². The van der Waals surface area contributed by atoms with Gasteiger partial charge < -0.3 is 5.11 Å². The molecule has 1 heteroatoms. The molecule has 0 saturated carbocycles. The summed E-state index contributed by atoms with van der Waals surface area (Å²) in [5.74, 6) is 0.456. The first-order valence-corrected chi connectivity index (χ1v) is 6.10. The molecule has 1 nitrogen and oxygen atoms in total. The molecule has 0 aromatic heterocycles. The molecule has 0 spiro atoms. The van der Waals surface area contributed by atoms with E-state index in [0.29, 0.717) is 5.75 Å². The van der Waals surface area contributed by atoms with Crippen LogP contribution in [0.4, 0.5) is 0 Å². The summed E-state index contributed by atoms with van der Waals surface area (Å²) in [6, 6.07) is 2.13. The fourth-order valence-corrected chi connectivity index (χ4v) is 2.48. The van der Waals surface area contributed by atoms with Crippen LogP contribution >= 0.6 is 0 Å². The molecule has 2 rings (SSSR count). The molecule has 0 unspecified atom stereocenters. The van der Waals surface area contributed by atoms with Crippen molar-refractivity contribution in [3.63, 3.8) is 0 Å². The Morgan fingerprint density at radius 1 is 1.06 bits per heavy atom. The summed E-state index contributed by atoms with van der Waals surface area (Å²) >= 11 is 0. The highest BCUT2D eigenvalue weighted by atomic mass is 16.3. The first kappa shape index (κ1) is 11.3. The third-order valence-corrected chi connectivity index (χ3v) is 3.69. The van der Waals surface area contributed by atoms with Crippen LogP contribution in [0.5, 0.6) is 5.75 Å². The zero-order valence-electron chi connectivity index (χ0n) is 10.4. The van der Waals surface area contributed by atoms with Gasteiger partial charge in [0.15, 0.2) is 0 Å². The minimum Gasteiger partial charge on any atom is -0.507 e. The minimum absolute atomic E-state index is 0.456. The summed E-state index contributed by atoms with van der Waals surface area (Å²) in [5, 5.41) is 9.89. The summed E-state index contributed by atoms with van der Waals surface area (Å²) in [6.07, 6.45) is 7.36. The molecule has 1 N–H and O–H groups in total. The number of aryl methyl sites for hydroxylation is 1. The molecule has 86 valence electrons. The number of benzene rings is 1. The lowest BCUT2D eigenvalue weighted by atomic mass is 9.88. The highest BCUT2D eigenvalue weighted by molar-refractivity contribution is 5.71. The Hall–Kier alpha value is -1.24. The topological polar surface area (TPSA) is 20.2 Å². The van der Waals surface area contributed by atoms with E-state index >= 15 is 0 Å². The van der Waals surface area contributed by atoms with Crippen molar-refractivity contribution < 1.29 is 5.11 Å². The Balaban J connectivity index is 2.53. The number of hydrogen-bond donors (Lipinski definition) is 1. The molecule has 0 amide bonds. The molecule has 16 heavy (non-hydrogen) atoms. The van der Waals surface area contributed by atoms with Gasteiger partial charge in [-0.2, -0.15) is 0 Å². The summed E-state index contributed by atoms with van der Waals surface area (Å²) in [5.41, 5.74) is 6.06. The molecule has 0 saturated heterocycles. The van der Waals surface area contributed by atoms with Crippen molar-refractivity contribution in [3.8, 4) is 5.75 Å². The van der Waals surface area contributed by atoms with E-state index < -0.39 is 0 Å². The highest BCUT2D eigenvalue weighted by Crippen LogP contribution is 2.34. The van der Waals surface area contributed by atoms with Gasteiger partial charge in [-0.05, 0) is 80.3 Å². The summed E-state index contributed by atoms with van der Waals surface area (Å²) < 4.78 is 0. The van der Waals surface area contributed by atoms with Crippen molar-refractivity contribution in [2.24, 2.45) is 0 Å². The van der Waals surface area contributed by atoms with Gasteiger partial charge in [-0.3, -0.25) is 0 Å². The molecular formula is C15H20O. The van der Waals surface area contributed by atoms with Gasteiger partial charge in [0.1, 0.15) is 5.75 Å². The quantitative estimate of drug-likeness (QED) is 0.743. The van der Waals surface area contributed by atoms with Crippen LogP contribution < -0.4 is 0 Å². The van der Waals surface area contributed by atoms with Crippen molar-refractivity contribution in [1.82, 2.24) is 0 Å². The first-order valence-electron chi connectivity index (χ1n) is 6.10. The van der Waals surface area contributed by atoms with Crippen molar-refractivity contribution in [1.29, 1.82) is 0 Å². The fourth-order valence-electron chi connectivity index (χ4n) is 2.48. The van der Waals surface area contributed by atoms with Gasteiger partial charge >= 0.3 is 0 Å². The van der Waals surface area contributed by atoms with Crippen LogP contribution in [0.25, 0.3) is 5.57 Å². The maximum atomic E-state index is 9.89. The Morgan fingerprint density at radius 3 is 2.44 bits per heavy atom. The predicted molar refractivity (Wildman–Crippen MR) is 68.8 cm³/mol. The number of hydrogen-bond acceptors (Lipinski definition) is 1. The number of phenols is 1. The molecular weight excluding hydrogens is 196 g/mol. The molecule has 1 aliphatic rings. The van der Waals surface area contributed by atoms with Gasteiger partial charge in [-0.15, -0.1) is 0 Å². The lowest BCUT2D eigenvalue weighted by molar-refractivity contribution is 0.466. The van der Waals surface area contributed by atoms with Crippen LogP contribution in [0.1, 0.15) is 47.9 Å². The van der Waals surface area contributed by atoms with Gasteiger partial charge in [-0.25, -0.2) is 0 Å². The van der Waals surface area contributed by atoms with Gasteiger partial charge in [0, 0.05) is 0 Å². The van der Waals surface area contributed by atoms with Crippen LogP contribution in [0, 0.1) is 20.8 Å². The maximum Gasteiger partial charge on any atom is 0.121 e. The van der Waals surface area contributed by atoms with Crippen molar-refractivity contribution in [3.05, 3.63) is 34.4 Å². The molecule has 0 bridgehead atoms. The van der Waals surface area contributed by atoms with E-state index in [1.807, 2.05) is 13.8 Å². The molecule has 0 fully saturated rings. The number of rotatable bonds is 1. The average Bonchev–Trinajstić information content (AvgIpc) is 2.32. The number of phenolic OH excluding ortho intramolecular Hbond substituents is 1. The van der Waals surface area contributed by atoms with E-state index in [1.165, 1.54) is 42.4 Å². The lowest BCUT2D eigenvalue weighted by Crippen LogP contribution is -1.98. The summed E-state index contributed by atoms with van der Waals surface area (Å²) in [4.78, 5) is 0. The van der Waals surface area contributed by atoms with Crippen LogP contribution in [0.2, 0.25) is 0 Å². The predicted octanol–water partition coefficient (Wildman–Crippen LogP) is 4.27. The zero-order chi connectivity index (χ0) is 11.7. The molecule has 0 radical (unpaired) electrons. The van der Waals surface area contributed by atoms with E-state index in [4.69, 9.17) is 0 Å². The zero-order valence-corrected chi connectivity index (χ0v) is 10.4. The molecule has 1 aromatic rings. The summed E-state index contributed by atoms with van der Waals surface area (Å²) in [7, 11) is 0. The lowest BCUT2D eigenvalue weighted by Gasteiger charge is -2.18. The Labute approximate surface area is 97.8 Å². The van der Waals surface area contributed by atoms with E-state index in [1.54, 1.807) is 0 Å². The first-order chi connectivity index (χ1) is 7.61. The second-order valence-electron chi connectivity index (χ2n) is 4.81. The monoisotopic (exact) mass is 216 g/mol. The third-order valence-electron chi connectivity index (χ3n) is 3.69. The molecule has 0 heterocycles. The second-order valence-corrected chi connectivity index (χ2v) is 4.81. The molecule has 1 aromatic carbocycles. The van der Waals surface area contributed by atoms with E-state index in [2.05, 4.69) is 19.1 Å². The van der Waals surface area contributed by atoms with E-state index in [0.717, 1.165) is 11.1 Å². The van der Waals surface area contributed by atoms with Gasteiger partial charge in [0.2, 0.25) is 0 Å². The van der Waals surface area contributed by atoms with E-state index in [-0.39, 0.29) is 0 Å². The largest absolute Gasteiger partial charge is 0.507 e. The van der Waals surface area contributed by atoms with Crippen LogP contribution in [-0.4, -0.2) is 5.11 Å².